The van der Waals surface area contributed by atoms with Gasteiger partial charge >= 0.3 is 0 Å². The fraction of sp³-hybridized carbons (Fsp3) is 0.500. The van der Waals surface area contributed by atoms with Crippen molar-refractivity contribution in [2.75, 3.05) is 12.3 Å². The van der Waals surface area contributed by atoms with Gasteiger partial charge in [0.1, 0.15) is 0 Å². The maximum atomic E-state index is 5.83. The third-order valence-corrected chi connectivity index (χ3v) is 2.03. The number of hydrogen-bond donors (Lipinski definition) is 2. The molecule has 0 fully saturated rings. The van der Waals surface area contributed by atoms with Gasteiger partial charge in [-0.05, 0) is 17.0 Å². The number of para-hydroxylation sites is 1. The van der Waals surface area contributed by atoms with E-state index in [1.807, 2.05) is 18.2 Å². The van der Waals surface area contributed by atoms with Crippen LogP contribution in [0.4, 0.5) is 5.69 Å². The summed E-state index contributed by atoms with van der Waals surface area (Å²) in [4.78, 5) is 0. The van der Waals surface area contributed by atoms with Crippen LogP contribution in [0.2, 0.25) is 0 Å². The molecule has 2 nitrogen and oxygen atoms in total. The Morgan fingerprint density at radius 2 is 1.86 bits per heavy atom. The van der Waals surface area contributed by atoms with E-state index in [1.54, 1.807) is 0 Å². The minimum absolute atomic E-state index is 0.323. The van der Waals surface area contributed by atoms with E-state index >= 15 is 0 Å². The zero-order valence-corrected chi connectivity index (χ0v) is 9.30. The Labute approximate surface area is 86.5 Å². The molecule has 0 bridgehead atoms. The van der Waals surface area contributed by atoms with Crippen molar-refractivity contribution in [3.8, 4) is 0 Å². The molecule has 78 valence electrons. The summed E-state index contributed by atoms with van der Waals surface area (Å²) in [6, 6.07) is 7.98. The molecule has 14 heavy (non-hydrogen) atoms. The lowest BCUT2D eigenvalue weighted by Gasteiger charge is -2.19. The second-order valence-corrected chi connectivity index (χ2v) is 4.86. The maximum Gasteiger partial charge on any atom is 0.0359 e. The van der Waals surface area contributed by atoms with Crippen molar-refractivity contribution in [1.29, 1.82) is 0 Å². The summed E-state index contributed by atoms with van der Waals surface area (Å²) in [7, 11) is 0. The second kappa shape index (κ2) is 4.47. The fourth-order valence-corrected chi connectivity index (χ4v) is 1.27. The summed E-state index contributed by atoms with van der Waals surface area (Å²) in [6.45, 7) is 8.50. The second-order valence-electron chi connectivity index (χ2n) is 4.86. The molecule has 0 amide bonds. The van der Waals surface area contributed by atoms with Crippen molar-refractivity contribution in [3.63, 3.8) is 0 Å². The van der Waals surface area contributed by atoms with Gasteiger partial charge in [-0.1, -0.05) is 39.0 Å². The van der Waals surface area contributed by atoms with Crippen molar-refractivity contribution in [2.24, 2.45) is 5.41 Å². The quantitative estimate of drug-likeness (QED) is 0.722. The first-order valence-corrected chi connectivity index (χ1v) is 5.03. The van der Waals surface area contributed by atoms with E-state index < -0.39 is 0 Å². The van der Waals surface area contributed by atoms with Gasteiger partial charge in [0.15, 0.2) is 0 Å². The molecule has 0 aliphatic carbocycles. The van der Waals surface area contributed by atoms with Crippen molar-refractivity contribution in [2.45, 2.75) is 27.3 Å². The minimum Gasteiger partial charge on any atom is -0.398 e. The maximum absolute atomic E-state index is 5.83. The van der Waals surface area contributed by atoms with E-state index in [-0.39, 0.29) is 0 Å². The van der Waals surface area contributed by atoms with Crippen LogP contribution in [-0.2, 0) is 6.54 Å². The van der Waals surface area contributed by atoms with Crippen LogP contribution in [0.3, 0.4) is 0 Å². The highest BCUT2D eigenvalue weighted by molar-refractivity contribution is 5.46. The van der Waals surface area contributed by atoms with Crippen LogP contribution in [0.15, 0.2) is 24.3 Å². The molecule has 2 heteroatoms. The van der Waals surface area contributed by atoms with E-state index in [0.717, 1.165) is 18.8 Å². The van der Waals surface area contributed by atoms with Gasteiger partial charge in [0.2, 0.25) is 0 Å². The molecule has 3 N–H and O–H groups in total. The van der Waals surface area contributed by atoms with E-state index in [4.69, 9.17) is 5.73 Å². The lowest BCUT2D eigenvalue weighted by Crippen LogP contribution is -2.26. The first kappa shape index (κ1) is 11.1. The summed E-state index contributed by atoms with van der Waals surface area (Å²) in [5.74, 6) is 0. The van der Waals surface area contributed by atoms with Crippen molar-refractivity contribution < 1.29 is 0 Å². The zero-order valence-electron chi connectivity index (χ0n) is 9.30. The summed E-state index contributed by atoms with van der Waals surface area (Å²) in [5.41, 5.74) is 8.20. The highest BCUT2D eigenvalue weighted by atomic mass is 14.9. The average molecular weight is 192 g/mol. The van der Waals surface area contributed by atoms with Crippen LogP contribution in [0.1, 0.15) is 26.3 Å². The highest BCUT2D eigenvalue weighted by Crippen LogP contribution is 2.13. The molecule has 1 aromatic rings. The largest absolute Gasteiger partial charge is 0.398 e. The third kappa shape index (κ3) is 3.79. The molecule has 0 aromatic heterocycles. The van der Waals surface area contributed by atoms with Gasteiger partial charge in [-0.15, -0.1) is 0 Å². The van der Waals surface area contributed by atoms with Crippen molar-refractivity contribution in [1.82, 2.24) is 5.32 Å². The molecule has 0 radical (unpaired) electrons. The van der Waals surface area contributed by atoms with E-state index in [1.165, 1.54) is 5.56 Å². The van der Waals surface area contributed by atoms with Crippen LogP contribution >= 0.6 is 0 Å². The highest BCUT2D eigenvalue weighted by Gasteiger charge is 2.08. The Balaban J connectivity index is 2.43. The van der Waals surface area contributed by atoms with E-state index in [0.29, 0.717) is 5.41 Å². The van der Waals surface area contributed by atoms with Gasteiger partial charge in [0, 0.05) is 18.8 Å². The normalized spacial score (nSPS) is 11.6. The van der Waals surface area contributed by atoms with E-state index in [2.05, 4.69) is 32.2 Å². The topological polar surface area (TPSA) is 38.0 Å². The summed E-state index contributed by atoms with van der Waals surface area (Å²) in [5, 5.41) is 3.40. The van der Waals surface area contributed by atoms with Gasteiger partial charge in [0.25, 0.3) is 0 Å². The van der Waals surface area contributed by atoms with Crippen LogP contribution in [0, 0.1) is 5.41 Å². The molecular weight excluding hydrogens is 172 g/mol. The summed E-state index contributed by atoms with van der Waals surface area (Å²) < 4.78 is 0. The lowest BCUT2D eigenvalue weighted by atomic mass is 9.97. The molecule has 1 rings (SSSR count). The Morgan fingerprint density at radius 1 is 1.21 bits per heavy atom. The van der Waals surface area contributed by atoms with Crippen molar-refractivity contribution in [3.05, 3.63) is 29.8 Å². The van der Waals surface area contributed by atoms with Gasteiger partial charge in [-0.3, -0.25) is 0 Å². The van der Waals surface area contributed by atoms with Crippen LogP contribution < -0.4 is 11.1 Å². The smallest absolute Gasteiger partial charge is 0.0359 e. The molecular formula is C12H20N2. The lowest BCUT2D eigenvalue weighted by molar-refractivity contribution is 0.379. The number of benzene rings is 1. The molecule has 0 spiro atoms. The standard InChI is InChI=1S/C12H20N2/c1-12(2,3)9-14-8-10-6-4-5-7-11(10)13/h4-7,14H,8-9,13H2,1-3H3. The number of nitrogens with two attached hydrogens (primary N) is 1. The predicted octanol–water partition coefficient (Wildman–Crippen LogP) is 2.40. The Kier molecular flexibility index (Phi) is 3.53. The van der Waals surface area contributed by atoms with Gasteiger partial charge in [0.05, 0.1) is 0 Å². The SMILES string of the molecule is CC(C)(C)CNCc1ccccc1N. The van der Waals surface area contributed by atoms with Gasteiger partial charge in [-0.25, -0.2) is 0 Å². The Bertz CT molecular complexity index is 287. The number of anilines is 1. The monoisotopic (exact) mass is 192 g/mol. The van der Waals surface area contributed by atoms with Crippen LogP contribution in [0.5, 0.6) is 0 Å². The molecule has 0 heterocycles. The van der Waals surface area contributed by atoms with E-state index in [9.17, 15) is 0 Å². The number of rotatable bonds is 3. The van der Waals surface area contributed by atoms with Gasteiger partial charge in [-0.2, -0.15) is 0 Å². The van der Waals surface area contributed by atoms with Crippen LogP contribution in [0.25, 0.3) is 0 Å². The minimum atomic E-state index is 0.323. The predicted molar refractivity (Wildman–Crippen MR) is 62.0 cm³/mol. The number of nitrogens with one attached hydrogen (secondary N) is 1. The Hall–Kier alpha value is -1.02. The molecule has 1 aromatic carbocycles. The summed E-state index contributed by atoms with van der Waals surface area (Å²) >= 11 is 0. The molecule has 0 aliphatic heterocycles. The van der Waals surface area contributed by atoms with Gasteiger partial charge < -0.3 is 11.1 Å². The zero-order chi connectivity index (χ0) is 10.6. The average Bonchev–Trinajstić information content (AvgIpc) is 2.06. The molecule has 0 aliphatic rings. The number of nitrogen functional groups attached to an aromatic ring is 1. The summed E-state index contributed by atoms with van der Waals surface area (Å²) in [6.07, 6.45) is 0. The Morgan fingerprint density at radius 3 is 2.43 bits per heavy atom. The third-order valence-electron chi connectivity index (χ3n) is 2.03. The number of hydrogen-bond acceptors (Lipinski definition) is 2. The molecule has 0 saturated heterocycles. The van der Waals surface area contributed by atoms with Crippen LogP contribution in [-0.4, -0.2) is 6.54 Å². The fourth-order valence-electron chi connectivity index (χ4n) is 1.27. The van der Waals surface area contributed by atoms with Crippen molar-refractivity contribution >= 4 is 5.69 Å². The first-order chi connectivity index (χ1) is 6.49. The first-order valence-electron chi connectivity index (χ1n) is 5.03. The molecule has 0 unspecified atom stereocenters. The molecule has 0 saturated carbocycles. The molecule has 0 atom stereocenters.